The number of likely N-dealkylation sites (tertiary alicyclic amines) is 1. The highest BCUT2D eigenvalue weighted by atomic mass is 15.1. The molecule has 1 atom stereocenters. The molecular formula is C12H16N4. The third kappa shape index (κ3) is 2.71. The molecule has 0 aromatic carbocycles. The lowest BCUT2D eigenvalue weighted by Gasteiger charge is -2.30. The van der Waals surface area contributed by atoms with Crippen LogP contribution in [0.5, 0.6) is 0 Å². The van der Waals surface area contributed by atoms with Crippen molar-refractivity contribution in [3.8, 4) is 6.07 Å². The predicted molar refractivity (Wildman–Crippen MR) is 63.1 cm³/mol. The second-order valence-corrected chi connectivity index (χ2v) is 4.27. The zero-order chi connectivity index (χ0) is 11.4. The van der Waals surface area contributed by atoms with E-state index < -0.39 is 0 Å². The molecule has 2 heterocycles. The minimum absolute atomic E-state index is 0.445. The number of hydrogen-bond acceptors (Lipinski definition) is 4. The minimum Gasteiger partial charge on any atom is -0.366 e. The Morgan fingerprint density at radius 1 is 1.56 bits per heavy atom. The summed E-state index contributed by atoms with van der Waals surface area (Å²) in [5.41, 5.74) is 0.467. The number of aromatic nitrogens is 1. The first-order valence-electron chi connectivity index (χ1n) is 5.60. The molecule has 0 radical (unpaired) electrons. The highest BCUT2D eigenvalue weighted by Gasteiger charge is 2.16. The molecule has 1 aromatic rings. The summed E-state index contributed by atoms with van der Waals surface area (Å²) in [7, 11) is 2.13. The first-order valence-corrected chi connectivity index (χ1v) is 5.60. The van der Waals surface area contributed by atoms with Crippen LogP contribution >= 0.6 is 0 Å². The van der Waals surface area contributed by atoms with Crippen molar-refractivity contribution in [1.29, 1.82) is 5.26 Å². The Morgan fingerprint density at radius 3 is 3.19 bits per heavy atom. The average molecular weight is 216 g/mol. The highest BCUT2D eigenvalue weighted by molar-refractivity contribution is 5.39. The molecule has 0 bridgehead atoms. The third-order valence-corrected chi connectivity index (χ3v) is 2.84. The van der Waals surface area contributed by atoms with Crippen LogP contribution in [0.3, 0.4) is 0 Å². The zero-order valence-corrected chi connectivity index (χ0v) is 9.48. The summed E-state index contributed by atoms with van der Waals surface area (Å²) >= 11 is 0. The summed E-state index contributed by atoms with van der Waals surface area (Å²) in [5, 5.41) is 12.1. The van der Waals surface area contributed by atoms with E-state index in [9.17, 15) is 0 Å². The molecule has 4 heteroatoms. The van der Waals surface area contributed by atoms with Crippen LogP contribution in [0.15, 0.2) is 18.2 Å². The Labute approximate surface area is 95.9 Å². The van der Waals surface area contributed by atoms with Gasteiger partial charge in [-0.1, -0.05) is 6.07 Å². The number of anilines is 1. The second-order valence-electron chi connectivity index (χ2n) is 4.27. The van der Waals surface area contributed by atoms with Gasteiger partial charge in [0.1, 0.15) is 17.6 Å². The quantitative estimate of drug-likeness (QED) is 0.813. The van der Waals surface area contributed by atoms with E-state index in [1.165, 1.54) is 19.4 Å². The molecule has 0 spiro atoms. The van der Waals surface area contributed by atoms with Crippen molar-refractivity contribution in [2.45, 2.75) is 18.9 Å². The smallest absolute Gasteiger partial charge is 0.142 e. The van der Waals surface area contributed by atoms with Gasteiger partial charge in [-0.05, 0) is 38.6 Å². The van der Waals surface area contributed by atoms with Crippen molar-refractivity contribution in [2.24, 2.45) is 0 Å². The fourth-order valence-electron chi connectivity index (χ4n) is 2.07. The summed E-state index contributed by atoms with van der Waals surface area (Å²) in [6, 6.07) is 7.99. The number of nitrogens with zero attached hydrogens (tertiary/aromatic N) is 3. The number of pyridine rings is 1. The van der Waals surface area contributed by atoms with Crippen molar-refractivity contribution in [1.82, 2.24) is 9.88 Å². The standard InChI is InChI=1S/C12H16N4/c1-16-7-3-5-11(9-16)15-12-6-2-4-10(8-13)14-12/h2,4,6,11H,3,5,7,9H2,1H3,(H,14,15). The monoisotopic (exact) mass is 216 g/mol. The molecule has 0 saturated carbocycles. The van der Waals surface area contributed by atoms with Gasteiger partial charge in [0.05, 0.1) is 0 Å². The Hall–Kier alpha value is -1.60. The van der Waals surface area contributed by atoms with Crippen molar-refractivity contribution in [2.75, 3.05) is 25.5 Å². The number of piperidine rings is 1. The average Bonchev–Trinajstić information content (AvgIpc) is 2.29. The zero-order valence-electron chi connectivity index (χ0n) is 9.48. The summed E-state index contributed by atoms with van der Waals surface area (Å²) in [6.45, 7) is 2.21. The first kappa shape index (κ1) is 10.9. The Bertz CT molecular complexity index is 396. The van der Waals surface area contributed by atoms with Gasteiger partial charge in [-0.2, -0.15) is 5.26 Å². The molecule has 84 valence electrons. The molecule has 1 N–H and O–H groups in total. The van der Waals surface area contributed by atoms with Crippen molar-refractivity contribution in [3.63, 3.8) is 0 Å². The van der Waals surface area contributed by atoms with Gasteiger partial charge >= 0.3 is 0 Å². The lowest BCUT2D eigenvalue weighted by atomic mass is 10.1. The molecule has 1 fully saturated rings. The van der Waals surface area contributed by atoms with Gasteiger partial charge in [0.15, 0.2) is 0 Å². The van der Waals surface area contributed by atoms with E-state index >= 15 is 0 Å². The van der Waals surface area contributed by atoms with E-state index in [4.69, 9.17) is 5.26 Å². The van der Waals surface area contributed by atoms with Gasteiger partial charge in [0, 0.05) is 12.6 Å². The third-order valence-electron chi connectivity index (χ3n) is 2.84. The van der Waals surface area contributed by atoms with E-state index in [1.807, 2.05) is 12.1 Å². The van der Waals surface area contributed by atoms with Gasteiger partial charge in [-0.25, -0.2) is 4.98 Å². The number of hydrogen-bond donors (Lipinski definition) is 1. The number of nitriles is 1. The first-order chi connectivity index (χ1) is 7.78. The van der Waals surface area contributed by atoms with Gasteiger partial charge in [0.25, 0.3) is 0 Å². The minimum atomic E-state index is 0.445. The molecule has 0 aliphatic carbocycles. The number of likely N-dealkylation sites (N-methyl/N-ethyl adjacent to an activating group) is 1. The molecule has 1 saturated heterocycles. The van der Waals surface area contributed by atoms with Crippen LogP contribution in [-0.2, 0) is 0 Å². The summed E-state index contributed by atoms with van der Waals surface area (Å²) in [6.07, 6.45) is 2.38. The Morgan fingerprint density at radius 2 is 2.44 bits per heavy atom. The van der Waals surface area contributed by atoms with Crippen molar-refractivity contribution >= 4 is 5.82 Å². The highest BCUT2D eigenvalue weighted by Crippen LogP contribution is 2.13. The van der Waals surface area contributed by atoms with Gasteiger partial charge in [0.2, 0.25) is 0 Å². The molecule has 1 aliphatic heterocycles. The van der Waals surface area contributed by atoms with Crippen LogP contribution < -0.4 is 5.32 Å². The van der Waals surface area contributed by atoms with E-state index in [0.717, 1.165) is 12.4 Å². The molecule has 2 rings (SSSR count). The maximum Gasteiger partial charge on any atom is 0.142 e. The van der Waals surface area contributed by atoms with Crippen LogP contribution in [-0.4, -0.2) is 36.1 Å². The molecule has 1 aliphatic rings. The van der Waals surface area contributed by atoms with E-state index in [-0.39, 0.29) is 0 Å². The topological polar surface area (TPSA) is 52.0 Å². The van der Waals surface area contributed by atoms with Crippen molar-refractivity contribution in [3.05, 3.63) is 23.9 Å². The van der Waals surface area contributed by atoms with Crippen LogP contribution in [0.4, 0.5) is 5.82 Å². The van der Waals surface area contributed by atoms with E-state index in [0.29, 0.717) is 11.7 Å². The Kier molecular flexibility index (Phi) is 3.37. The molecule has 1 aromatic heterocycles. The predicted octanol–water partition coefficient (Wildman–Crippen LogP) is 1.46. The molecular weight excluding hydrogens is 200 g/mol. The van der Waals surface area contributed by atoms with Gasteiger partial charge < -0.3 is 10.2 Å². The molecule has 16 heavy (non-hydrogen) atoms. The SMILES string of the molecule is CN1CCCC(Nc2cccc(C#N)n2)C1. The maximum atomic E-state index is 8.76. The fourth-order valence-corrected chi connectivity index (χ4v) is 2.07. The Balaban J connectivity index is 2.00. The maximum absolute atomic E-state index is 8.76. The van der Waals surface area contributed by atoms with Gasteiger partial charge in [-0.3, -0.25) is 0 Å². The lowest BCUT2D eigenvalue weighted by molar-refractivity contribution is 0.261. The van der Waals surface area contributed by atoms with E-state index in [1.54, 1.807) is 6.07 Å². The molecule has 0 amide bonds. The van der Waals surface area contributed by atoms with E-state index in [2.05, 4.69) is 28.3 Å². The van der Waals surface area contributed by atoms with Crippen LogP contribution in [0.2, 0.25) is 0 Å². The molecule has 1 unspecified atom stereocenters. The summed E-state index contributed by atoms with van der Waals surface area (Å²) < 4.78 is 0. The summed E-state index contributed by atoms with van der Waals surface area (Å²) in [4.78, 5) is 6.53. The largest absolute Gasteiger partial charge is 0.366 e. The lowest BCUT2D eigenvalue weighted by Crippen LogP contribution is -2.39. The second kappa shape index (κ2) is 4.95. The number of nitrogens with one attached hydrogen (secondary N) is 1. The summed E-state index contributed by atoms with van der Waals surface area (Å²) in [5.74, 6) is 0.805. The number of rotatable bonds is 2. The van der Waals surface area contributed by atoms with Crippen molar-refractivity contribution < 1.29 is 0 Å². The molecule has 4 nitrogen and oxygen atoms in total. The fraction of sp³-hybridized carbons (Fsp3) is 0.500. The van der Waals surface area contributed by atoms with Gasteiger partial charge in [-0.15, -0.1) is 0 Å². The van der Waals surface area contributed by atoms with Crippen LogP contribution in [0.1, 0.15) is 18.5 Å². The normalized spacial score (nSPS) is 21.4. The van der Waals surface area contributed by atoms with Crippen LogP contribution in [0, 0.1) is 11.3 Å². The van der Waals surface area contributed by atoms with Crippen LogP contribution in [0.25, 0.3) is 0 Å².